The normalized spacial score (nSPS) is 22.8. The topological polar surface area (TPSA) is 74.6 Å². The van der Waals surface area contributed by atoms with Gasteiger partial charge in [0.25, 0.3) is 5.91 Å². The number of anilines is 1. The number of likely N-dealkylation sites (N-methyl/N-ethyl adjacent to an activating group) is 1. The summed E-state index contributed by atoms with van der Waals surface area (Å²) in [5.74, 6) is 0.288. The van der Waals surface area contributed by atoms with Crippen LogP contribution in [0.5, 0.6) is 5.75 Å². The Morgan fingerprint density at radius 2 is 1.94 bits per heavy atom. The van der Waals surface area contributed by atoms with Crippen molar-refractivity contribution in [2.75, 3.05) is 31.6 Å². The fourth-order valence-corrected chi connectivity index (χ4v) is 5.35. The molecule has 0 aromatic heterocycles. The Labute approximate surface area is 210 Å². The van der Waals surface area contributed by atoms with Crippen molar-refractivity contribution in [2.45, 2.75) is 25.4 Å². The number of azo groups is 1. The van der Waals surface area contributed by atoms with Crippen molar-refractivity contribution in [1.82, 2.24) is 4.90 Å². The third-order valence-electron chi connectivity index (χ3n) is 7.30. The van der Waals surface area contributed by atoms with Crippen molar-refractivity contribution in [3.8, 4) is 5.75 Å². The van der Waals surface area contributed by atoms with E-state index in [2.05, 4.69) is 28.2 Å². The third-order valence-corrected chi connectivity index (χ3v) is 7.30. The number of benzene rings is 2. The fourth-order valence-electron chi connectivity index (χ4n) is 5.35. The second-order valence-corrected chi connectivity index (χ2v) is 9.81. The Morgan fingerprint density at radius 3 is 2.75 bits per heavy atom. The quantitative estimate of drug-likeness (QED) is 0.638. The number of rotatable bonds is 5. The molecule has 2 amide bonds. The molecular weight excluding hydrogens is 452 g/mol. The van der Waals surface area contributed by atoms with Gasteiger partial charge in [0.05, 0.1) is 23.7 Å². The van der Waals surface area contributed by atoms with Crippen molar-refractivity contribution < 1.29 is 14.3 Å². The van der Waals surface area contributed by atoms with Gasteiger partial charge >= 0.3 is 0 Å². The Kier molecular flexibility index (Phi) is 5.85. The molecule has 0 spiro atoms. The van der Waals surface area contributed by atoms with Crippen molar-refractivity contribution >= 4 is 23.2 Å². The van der Waals surface area contributed by atoms with Gasteiger partial charge in [-0.1, -0.05) is 54.6 Å². The second-order valence-electron chi connectivity index (χ2n) is 9.81. The zero-order chi connectivity index (χ0) is 24.6. The molecule has 0 radical (unpaired) electrons. The summed E-state index contributed by atoms with van der Waals surface area (Å²) in [5.41, 5.74) is 5.52. The average molecular weight is 481 g/mol. The van der Waals surface area contributed by atoms with Crippen molar-refractivity contribution in [1.29, 1.82) is 0 Å². The monoisotopic (exact) mass is 480 g/mol. The zero-order valence-electron chi connectivity index (χ0n) is 20.3. The highest BCUT2D eigenvalue weighted by molar-refractivity contribution is 5.97. The number of likely N-dealkylation sites (tertiary alicyclic amines) is 1. The minimum atomic E-state index is -0.373. The Balaban J connectivity index is 1.16. The first kappa shape index (κ1) is 22.6. The molecule has 1 fully saturated rings. The predicted molar refractivity (Wildman–Crippen MR) is 138 cm³/mol. The molecule has 2 atom stereocenters. The molecule has 3 heterocycles. The number of carbonyl (C=O) groups excluding carboxylic acids is 2. The third kappa shape index (κ3) is 4.31. The smallest absolute Gasteiger partial charge is 0.276 e. The van der Waals surface area contributed by atoms with Gasteiger partial charge in [-0.15, -0.1) is 10.2 Å². The molecule has 36 heavy (non-hydrogen) atoms. The Hall–Kier alpha value is -3.84. The van der Waals surface area contributed by atoms with Crippen LogP contribution >= 0.6 is 0 Å². The van der Waals surface area contributed by atoms with Crippen LogP contribution < -0.4 is 9.64 Å². The van der Waals surface area contributed by atoms with E-state index in [-0.39, 0.29) is 23.8 Å². The van der Waals surface area contributed by atoms with E-state index in [0.717, 1.165) is 54.1 Å². The lowest BCUT2D eigenvalue weighted by Crippen LogP contribution is -2.30. The summed E-state index contributed by atoms with van der Waals surface area (Å²) in [5, 5.41) is 8.00. The van der Waals surface area contributed by atoms with Gasteiger partial charge in [0, 0.05) is 31.3 Å². The summed E-state index contributed by atoms with van der Waals surface area (Å²) < 4.78 is 6.20. The van der Waals surface area contributed by atoms with Crippen LogP contribution in [0, 0.1) is 5.92 Å². The number of ether oxygens (including phenoxy) is 1. The van der Waals surface area contributed by atoms with Crippen molar-refractivity contribution in [3.63, 3.8) is 0 Å². The van der Waals surface area contributed by atoms with E-state index in [9.17, 15) is 9.59 Å². The van der Waals surface area contributed by atoms with Gasteiger partial charge in [-0.2, -0.15) is 0 Å². The molecule has 182 valence electrons. The standard InChI is InChI=1S/C29H28N4O3/c1-32-14-13-23(18-32)36-22-11-10-20-12-15-33(26(20)17-22)27(34)16-19-6-8-21(9-7-19)28-24-4-2-3-5-25(24)29(35)31-30-28/h2-11,17,23,25H,12-16,18H2,1H3/t23-,25?/m0/s1. The molecule has 4 aliphatic rings. The van der Waals surface area contributed by atoms with Crippen LogP contribution in [-0.4, -0.2) is 49.5 Å². The van der Waals surface area contributed by atoms with E-state index in [1.165, 1.54) is 5.56 Å². The first-order chi connectivity index (χ1) is 17.5. The van der Waals surface area contributed by atoms with Gasteiger partial charge in [0.15, 0.2) is 0 Å². The van der Waals surface area contributed by atoms with Gasteiger partial charge in [-0.25, -0.2) is 0 Å². The summed E-state index contributed by atoms with van der Waals surface area (Å²) in [4.78, 5) is 29.5. The summed E-state index contributed by atoms with van der Waals surface area (Å²) in [6.45, 7) is 2.67. The summed E-state index contributed by atoms with van der Waals surface area (Å²) >= 11 is 0. The fraction of sp³-hybridized carbons (Fsp3) is 0.310. The highest BCUT2D eigenvalue weighted by Crippen LogP contribution is 2.35. The van der Waals surface area contributed by atoms with Crippen LogP contribution in [0.4, 0.5) is 5.69 Å². The summed E-state index contributed by atoms with van der Waals surface area (Å²) in [6.07, 6.45) is 9.93. The van der Waals surface area contributed by atoms with Gasteiger partial charge in [-0.05, 0) is 42.7 Å². The molecule has 3 aliphatic heterocycles. The zero-order valence-corrected chi connectivity index (χ0v) is 20.3. The average Bonchev–Trinajstić information content (AvgIpc) is 3.50. The molecule has 1 unspecified atom stereocenters. The minimum Gasteiger partial charge on any atom is -0.489 e. The van der Waals surface area contributed by atoms with Gasteiger partial charge in [-0.3, -0.25) is 9.59 Å². The lowest BCUT2D eigenvalue weighted by Gasteiger charge is -2.20. The van der Waals surface area contributed by atoms with Crippen LogP contribution in [-0.2, 0) is 22.4 Å². The van der Waals surface area contributed by atoms with E-state index in [1.54, 1.807) is 0 Å². The number of carbonyl (C=O) groups is 2. The number of amides is 2. The number of hydrogen-bond donors (Lipinski definition) is 0. The SMILES string of the molecule is CN1CC[C@H](Oc2ccc3c(c2)N(C(=O)Cc2ccc(C4=C5C=CC=CC5C(=O)N=N4)cc2)CC3)C1. The first-order valence-electron chi connectivity index (χ1n) is 12.5. The van der Waals surface area contributed by atoms with Gasteiger partial charge < -0.3 is 14.5 Å². The van der Waals surface area contributed by atoms with Crippen LogP contribution in [0.2, 0.25) is 0 Å². The first-order valence-corrected chi connectivity index (χ1v) is 12.5. The predicted octanol–water partition coefficient (Wildman–Crippen LogP) is 4.35. The molecular formula is C29H28N4O3. The maximum absolute atomic E-state index is 13.3. The number of hydrogen-bond acceptors (Lipinski definition) is 5. The highest BCUT2D eigenvalue weighted by atomic mass is 16.5. The lowest BCUT2D eigenvalue weighted by molar-refractivity contribution is -0.120. The molecule has 1 aliphatic carbocycles. The molecule has 7 heteroatoms. The molecule has 0 saturated carbocycles. The lowest BCUT2D eigenvalue weighted by atomic mass is 9.89. The maximum Gasteiger partial charge on any atom is 0.276 e. The molecule has 7 nitrogen and oxygen atoms in total. The number of fused-ring (bicyclic) bond motifs is 2. The summed E-state index contributed by atoms with van der Waals surface area (Å²) in [7, 11) is 2.11. The van der Waals surface area contributed by atoms with Crippen LogP contribution in [0.25, 0.3) is 5.70 Å². The van der Waals surface area contributed by atoms with E-state index in [4.69, 9.17) is 4.74 Å². The molecule has 6 rings (SSSR count). The second kappa shape index (κ2) is 9.32. The molecule has 2 aromatic rings. The Morgan fingerprint density at radius 1 is 1.08 bits per heavy atom. The minimum absolute atomic E-state index is 0.0737. The van der Waals surface area contributed by atoms with E-state index >= 15 is 0 Å². The van der Waals surface area contributed by atoms with Gasteiger partial charge in [0.2, 0.25) is 5.91 Å². The summed E-state index contributed by atoms with van der Waals surface area (Å²) in [6, 6.07) is 13.9. The number of nitrogens with zero attached hydrogens (tertiary/aromatic N) is 4. The maximum atomic E-state index is 13.3. The van der Waals surface area contributed by atoms with E-state index < -0.39 is 0 Å². The molecule has 2 aromatic carbocycles. The van der Waals surface area contributed by atoms with E-state index in [1.807, 2.05) is 65.6 Å². The van der Waals surface area contributed by atoms with Gasteiger partial charge in [0.1, 0.15) is 11.9 Å². The number of allylic oxidation sites excluding steroid dienone is 3. The van der Waals surface area contributed by atoms with Crippen LogP contribution in [0.3, 0.4) is 0 Å². The van der Waals surface area contributed by atoms with E-state index in [0.29, 0.717) is 18.7 Å². The largest absolute Gasteiger partial charge is 0.489 e. The van der Waals surface area contributed by atoms with Crippen molar-refractivity contribution in [3.05, 3.63) is 89.0 Å². The molecule has 0 bridgehead atoms. The molecule has 1 saturated heterocycles. The highest BCUT2D eigenvalue weighted by Gasteiger charge is 2.29. The Bertz CT molecular complexity index is 1340. The van der Waals surface area contributed by atoms with Crippen molar-refractivity contribution in [2.24, 2.45) is 16.1 Å². The molecule has 0 N–H and O–H groups in total. The van der Waals surface area contributed by atoms with Crippen LogP contribution in [0.15, 0.2) is 82.6 Å². The van der Waals surface area contributed by atoms with Crippen LogP contribution in [0.1, 0.15) is 23.1 Å².